The lowest BCUT2D eigenvalue weighted by Crippen LogP contribution is -2.35. The van der Waals surface area contributed by atoms with Gasteiger partial charge in [-0.15, -0.1) is 0 Å². The molecule has 1 saturated heterocycles. The lowest BCUT2D eigenvalue weighted by Gasteiger charge is -2.31. The summed E-state index contributed by atoms with van der Waals surface area (Å²) >= 11 is 0. The van der Waals surface area contributed by atoms with Crippen molar-refractivity contribution in [2.45, 2.75) is 38.7 Å². The van der Waals surface area contributed by atoms with Crippen molar-refractivity contribution in [2.75, 3.05) is 0 Å². The molecule has 0 bridgehead atoms. The van der Waals surface area contributed by atoms with Gasteiger partial charge in [-0.05, 0) is 6.42 Å². The van der Waals surface area contributed by atoms with E-state index in [-0.39, 0.29) is 23.3 Å². The van der Waals surface area contributed by atoms with E-state index in [2.05, 4.69) is 0 Å². The first-order valence-corrected chi connectivity index (χ1v) is 4.31. The van der Waals surface area contributed by atoms with Gasteiger partial charge in [0.1, 0.15) is 11.9 Å². The summed E-state index contributed by atoms with van der Waals surface area (Å²) in [4.78, 5) is 22.1. The molecule has 1 aliphatic carbocycles. The van der Waals surface area contributed by atoms with Crippen molar-refractivity contribution >= 4 is 11.8 Å². The molecule has 0 unspecified atom stereocenters. The summed E-state index contributed by atoms with van der Waals surface area (Å²) in [6, 6.07) is 0. The van der Waals surface area contributed by atoms with E-state index < -0.39 is 0 Å². The monoisotopic (exact) mass is 168 g/mol. The molecule has 12 heavy (non-hydrogen) atoms. The van der Waals surface area contributed by atoms with Gasteiger partial charge in [-0.25, -0.2) is 0 Å². The Morgan fingerprint density at radius 2 is 2.25 bits per heavy atom. The van der Waals surface area contributed by atoms with Gasteiger partial charge in [-0.1, -0.05) is 6.92 Å². The van der Waals surface area contributed by atoms with Gasteiger partial charge in [0.05, 0.1) is 6.42 Å². The standard InChI is InChI=1S/C9H12O3/c1-9-3-2-6(10)4-7(9)12-8(11)5-9/h7H,2-5H2,1H3/t7-,9-/m1/s1. The summed E-state index contributed by atoms with van der Waals surface area (Å²) < 4.78 is 5.08. The number of rotatable bonds is 0. The Morgan fingerprint density at radius 1 is 1.50 bits per heavy atom. The number of ether oxygens (including phenoxy) is 1. The molecule has 0 spiro atoms. The first kappa shape index (κ1) is 7.77. The van der Waals surface area contributed by atoms with Crippen LogP contribution in [0, 0.1) is 5.41 Å². The molecule has 0 aromatic carbocycles. The number of Topliss-reactive ketones (excluding diaryl/α,β-unsaturated/α-hetero) is 1. The van der Waals surface area contributed by atoms with Crippen molar-refractivity contribution in [1.82, 2.24) is 0 Å². The minimum absolute atomic E-state index is 0.0506. The average molecular weight is 168 g/mol. The van der Waals surface area contributed by atoms with E-state index in [4.69, 9.17) is 4.74 Å². The summed E-state index contributed by atoms with van der Waals surface area (Å²) in [5, 5.41) is 0. The molecule has 3 heteroatoms. The van der Waals surface area contributed by atoms with Crippen LogP contribution in [-0.4, -0.2) is 17.9 Å². The molecular weight excluding hydrogens is 156 g/mol. The van der Waals surface area contributed by atoms with Gasteiger partial charge >= 0.3 is 5.97 Å². The van der Waals surface area contributed by atoms with Gasteiger partial charge in [-0.2, -0.15) is 0 Å². The predicted molar refractivity (Wildman–Crippen MR) is 41.5 cm³/mol. The smallest absolute Gasteiger partial charge is 0.306 e. The summed E-state index contributed by atoms with van der Waals surface area (Å²) in [5.74, 6) is 0.0874. The first-order chi connectivity index (χ1) is 5.60. The van der Waals surface area contributed by atoms with Crippen LogP contribution in [0.5, 0.6) is 0 Å². The van der Waals surface area contributed by atoms with Crippen molar-refractivity contribution in [3.63, 3.8) is 0 Å². The highest BCUT2D eigenvalue weighted by molar-refractivity contribution is 5.82. The summed E-state index contributed by atoms with van der Waals surface area (Å²) in [6.07, 6.45) is 2.21. The van der Waals surface area contributed by atoms with E-state index >= 15 is 0 Å². The van der Waals surface area contributed by atoms with Crippen molar-refractivity contribution in [2.24, 2.45) is 5.41 Å². The fourth-order valence-corrected chi connectivity index (χ4v) is 2.06. The van der Waals surface area contributed by atoms with Crippen LogP contribution in [0.3, 0.4) is 0 Å². The van der Waals surface area contributed by atoms with Gasteiger partial charge < -0.3 is 4.74 Å². The fraction of sp³-hybridized carbons (Fsp3) is 0.778. The molecule has 3 nitrogen and oxygen atoms in total. The Kier molecular flexibility index (Phi) is 1.50. The summed E-state index contributed by atoms with van der Waals surface area (Å²) in [6.45, 7) is 2.04. The van der Waals surface area contributed by atoms with Gasteiger partial charge in [0.2, 0.25) is 0 Å². The number of carbonyl (C=O) groups is 2. The highest BCUT2D eigenvalue weighted by atomic mass is 16.6. The van der Waals surface area contributed by atoms with Crippen LogP contribution in [0.15, 0.2) is 0 Å². The number of ketones is 1. The SMILES string of the molecule is C[C@]12CCC(=O)C[C@H]1OC(=O)C2. The zero-order chi connectivity index (χ0) is 8.77. The van der Waals surface area contributed by atoms with Crippen LogP contribution >= 0.6 is 0 Å². The van der Waals surface area contributed by atoms with Crippen molar-refractivity contribution < 1.29 is 14.3 Å². The van der Waals surface area contributed by atoms with Crippen LogP contribution < -0.4 is 0 Å². The van der Waals surface area contributed by atoms with Crippen LogP contribution in [-0.2, 0) is 14.3 Å². The highest BCUT2D eigenvalue weighted by Crippen LogP contribution is 2.44. The second kappa shape index (κ2) is 2.31. The van der Waals surface area contributed by atoms with Crippen LogP contribution in [0.25, 0.3) is 0 Å². The van der Waals surface area contributed by atoms with Crippen LogP contribution in [0.1, 0.15) is 32.6 Å². The molecule has 66 valence electrons. The van der Waals surface area contributed by atoms with Gasteiger partial charge in [0, 0.05) is 18.3 Å². The Bertz CT molecular complexity index is 246. The largest absolute Gasteiger partial charge is 0.461 e. The second-order valence-corrected chi connectivity index (χ2v) is 4.05. The normalized spacial score (nSPS) is 40.9. The average Bonchev–Trinajstić information content (AvgIpc) is 2.24. The fourth-order valence-electron chi connectivity index (χ4n) is 2.06. The number of fused-ring (bicyclic) bond motifs is 1. The Balaban J connectivity index is 2.20. The molecule has 2 fully saturated rings. The molecule has 0 radical (unpaired) electrons. The Morgan fingerprint density at radius 3 is 3.00 bits per heavy atom. The molecule has 0 amide bonds. The van der Waals surface area contributed by atoms with E-state index in [1.165, 1.54) is 0 Å². The van der Waals surface area contributed by atoms with Crippen LogP contribution in [0.2, 0.25) is 0 Å². The van der Waals surface area contributed by atoms with E-state index in [1.54, 1.807) is 0 Å². The quantitative estimate of drug-likeness (QED) is 0.508. The van der Waals surface area contributed by atoms with E-state index in [0.717, 1.165) is 6.42 Å². The lowest BCUT2D eigenvalue weighted by atomic mass is 9.72. The summed E-state index contributed by atoms with van der Waals surface area (Å²) in [7, 11) is 0. The third-order valence-electron chi connectivity index (χ3n) is 2.99. The van der Waals surface area contributed by atoms with Crippen molar-refractivity contribution in [3.05, 3.63) is 0 Å². The maximum absolute atomic E-state index is 11.1. The minimum Gasteiger partial charge on any atom is -0.461 e. The van der Waals surface area contributed by atoms with Gasteiger partial charge in [0.25, 0.3) is 0 Å². The topological polar surface area (TPSA) is 43.4 Å². The second-order valence-electron chi connectivity index (χ2n) is 4.05. The Hall–Kier alpha value is -0.860. The molecule has 2 atom stereocenters. The van der Waals surface area contributed by atoms with E-state index in [1.807, 2.05) is 6.92 Å². The van der Waals surface area contributed by atoms with Crippen molar-refractivity contribution in [1.29, 1.82) is 0 Å². The summed E-state index contributed by atoms with van der Waals surface area (Å²) in [5.41, 5.74) is -0.0506. The molecule has 1 saturated carbocycles. The molecule has 0 aromatic heterocycles. The van der Waals surface area contributed by atoms with Gasteiger partial charge in [-0.3, -0.25) is 9.59 Å². The number of hydrogen-bond acceptors (Lipinski definition) is 3. The molecule has 1 aliphatic heterocycles. The van der Waals surface area contributed by atoms with Gasteiger partial charge in [0.15, 0.2) is 0 Å². The minimum atomic E-state index is -0.141. The number of hydrogen-bond donors (Lipinski definition) is 0. The number of esters is 1. The molecule has 1 heterocycles. The zero-order valence-corrected chi connectivity index (χ0v) is 7.13. The van der Waals surface area contributed by atoms with E-state index in [0.29, 0.717) is 19.3 Å². The molecule has 0 N–H and O–H groups in total. The van der Waals surface area contributed by atoms with Crippen LogP contribution in [0.4, 0.5) is 0 Å². The molecule has 2 aliphatic rings. The maximum Gasteiger partial charge on any atom is 0.306 e. The predicted octanol–water partition coefficient (Wildman–Crippen LogP) is 1.06. The molecular formula is C9H12O3. The third kappa shape index (κ3) is 1.04. The molecule has 0 aromatic rings. The maximum atomic E-state index is 11.1. The lowest BCUT2D eigenvalue weighted by molar-refractivity contribution is -0.143. The third-order valence-corrected chi connectivity index (χ3v) is 2.99. The Labute approximate surface area is 71.1 Å². The zero-order valence-electron chi connectivity index (χ0n) is 7.13. The van der Waals surface area contributed by atoms with Crippen molar-refractivity contribution in [3.8, 4) is 0 Å². The first-order valence-electron chi connectivity index (χ1n) is 4.31. The van der Waals surface area contributed by atoms with E-state index in [9.17, 15) is 9.59 Å². The highest BCUT2D eigenvalue weighted by Gasteiger charge is 2.48. The number of carbonyl (C=O) groups excluding carboxylic acids is 2. The molecule has 2 rings (SSSR count).